The van der Waals surface area contributed by atoms with Crippen LogP contribution in [0, 0.1) is 6.92 Å². The molecule has 112 valence electrons. The number of carbonyl (C=O) groups excluding carboxylic acids is 1. The molecule has 0 radical (unpaired) electrons. The lowest BCUT2D eigenvalue weighted by atomic mass is 10.1. The van der Waals surface area contributed by atoms with Gasteiger partial charge >= 0.3 is 0 Å². The zero-order valence-electron chi connectivity index (χ0n) is 11.5. The van der Waals surface area contributed by atoms with Crippen LogP contribution >= 0.6 is 0 Å². The van der Waals surface area contributed by atoms with E-state index in [9.17, 15) is 9.59 Å². The molecule has 8 heteroatoms. The number of morpholine rings is 1. The van der Waals surface area contributed by atoms with Crippen molar-refractivity contribution in [1.82, 2.24) is 14.9 Å². The fourth-order valence-corrected chi connectivity index (χ4v) is 2.48. The number of furan rings is 1. The number of hydrogen-bond donors (Lipinski definition) is 2. The summed E-state index contributed by atoms with van der Waals surface area (Å²) in [6, 6.07) is 0. The Bertz CT molecular complexity index is 735. The molecule has 0 spiro atoms. The van der Waals surface area contributed by atoms with Crippen molar-refractivity contribution in [3.05, 3.63) is 28.0 Å². The standard InChI is InChI=1S/C13H15N3O5/c1-7-9(10-11(18)14-6-15-12(10)21-7)13(19)16-2-3-20-8(4-16)5-17/h6,8,17H,2-5H2,1H3,(H,14,15,18). The Labute approximate surface area is 119 Å². The normalized spacial score (nSPS) is 19.1. The summed E-state index contributed by atoms with van der Waals surface area (Å²) >= 11 is 0. The average molecular weight is 293 g/mol. The van der Waals surface area contributed by atoms with Gasteiger partial charge in [-0.1, -0.05) is 0 Å². The minimum absolute atomic E-state index is 0.145. The van der Waals surface area contributed by atoms with E-state index in [1.165, 1.54) is 6.33 Å². The van der Waals surface area contributed by atoms with Crippen LogP contribution < -0.4 is 5.56 Å². The highest BCUT2D eigenvalue weighted by molar-refractivity contribution is 6.06. The average Bonchev–Trinajstić information content (AvgIpc) is 2.84. The first-order valence-corrected chi connectivity index (χ1v) is 6.60. The Morgan fingerprint density at radius 3 is 3.19 bits per heavy atom. The number of H-pyrrole nitrogens is 1. The van der Waals surface area contributed by atoms with Crippen molar-refractivity contribution < 1.29 is 19.1 Å². The summed E-state index contributed by atoms with van der Waals surface area (Å²) in [7, 11) is 0. The number of nitrogens with zero attached hydrogens (tertiary/aromatic N) is 2. The molecule has 0 aromatic carbocycles. The number of hydrogen-bond acceptors (Lipinski definition) is 6. The zero-order valence-corrected chi connectivity index (χ0v) is 11.5. The number of aryl methyl sites for hydroxylation is 1. The largest absolute Gasteiger partial charge is 0.442 e. The second kappa shape index (κ2) is 5.30. The second-order valence-electron chi connectivity index (χ2n) is 4.87. The quantitative estimate of drug-likeness (QED) is 0.784. The molecule has 0 aliphatic carbocycles. The first-order valence-electron chi connectivity index (χ1n) is 6.60. The lowest BCUT2D eigenvalue weighted by Crippen LogP contribution is -2.47. The van der Waals surface area contributed by atoms with Gasteiger partial charge in [0.15, 0.2) is 0 Å². The molecule has 2 aromatic heterocycles. The van der Waals surface area contributed by atoms with Crippen LogP contribution in [0.4, 0.5) is 0 Å². The highest BCUT2D eigenvalue weighted by Crippen LogP contribution is 2.23. The number of aromatic amines is 1. The number of nitrogens with one attached hydrogen (secondary N) is 1. The third-order valence-electron chi connectivity index (χ3n) is 3.51. The van der Waals surface area contributed by atoms with Crippen molar-refractivity contribution in [1.29, 1.82) is 0 Å². The van der Waals surface area contributed by atoms with Crippen molar-refractivity contribution in [2.24, 2.45) is 0 Å². The number of aliphatic hydroxyl groups excluding tert-OH is 1. The molecule has 2 N–H and O–H groups in total. The Morgan fingerprint density at radius 2 is 2.43 bits per heavy atom. The SMILES string of the molecule is Cc1oc2nc[nH]c(=O)c2c1C(=O)N1CCOC(CO)C1. The summed E-state index contributed by atoms with van der Waals surface area (Å²) in [4.78, 5) is 32.5. The zero-order chi connectivity index (χ0) is 15.0. The van der Waals surface area contributed by atoms with Crippen molar-refractivity contribution in [2.45, 2.75) is 13.0 Å². The number of rotatable bonds is 2. The van der Waals surface area contributed by atoms with Gasteiger partial charge in [-0.3, -0.25) is 9.59 Å². The predicted octanol–water partition coefficient (Wildman–Crippen LogP) is -0.342. The maximum atomic E-state index is 12.7. The Hall–Kier alpha value is -2.19. The summed E-state index contributed by atoms with van der Waals surface area (Å²) < 4.78 is 10.7. The molecule has 1 saturated heterocycles. The number of carbonyl (C=O) groups is 1. The van der Waals surface area contributed by atoms with Crippen molar-refractivity contribution in [3.8, 4) is 0 Å². The fourth-order valence-electron chi connectivity index (χ4n) is 2.48. The first kappa shape index (κ1) is 13.8. The summed E-state index contributed by atoms with van der Waals surface area (Å²) in [5.74, 6) is 0.0396. The van der Waals surface area contributed by atoms with Gasteiger partial charge in [0.05, 0.1) is 31.2 Å². The Balaban J connectivity index is 2.02. The smallest absolute Gasteiger partial charge is 0.262 e. The molecule has 0 saturated carbocycles. The van der Waals surface area contributed by atoms with E-state index >= 15 is 0 Å². The minimum atomic E-state index is -0.410. The number of ether oxygens (including phenoxy) is 1. The molecule has 3 heterocycles. The second-order valence-corrected chi connectivity index (χ2v) is 4.87. The molecule has 1 aliphatic heterocycles. The molecule has 1 atom stereocenters. The van der Waals surface area contributed by atoms with E-state index in [1.807, 2.05) is 0 Å². The number of fused-ring (bicyclic) bond motifs is 1. The maximum Gasteiger partial charge on any atom is 0.262 e. The van der Waals surface area contributed by atoms with Gasteiger partial charge in [0.2, 0.25) is 5.71 Å². The monoisotopic (exact) mass is 293 g/mol. The van der Waals surface area contributed by atoms with Crippen molar-refractivity contribution in [3.63, 3.8) is 0 Å². The van der Waals surface area contributed by atoms with Gasteiger partial charge in [-0.05, 0) is 6.92 Å². The van der Waals surface area contributed by atoms with Gasteiger partial charge in [-0.15, -0.1) is 0 Å². The van der Waals surface area contributed by atoms with Crippen molar-refractivity contribution in [2.75, 3.05) is 26.3 Å². The molecule has 2 aromatic rings. The van der Waals surface area contributed by atoms with Gasteiger partial charge in [0, 0.05) is 13.1 Å². The molecule has 21 heavy (non-hydrogen) atoms. The topological polar surface area (TPSA) is 109 Å². The summed E-state index contributed by atoms with van der Waals surface area (Å²) in [6.45, 7) is 2.50. The third kappa shape index (κ3) is 2.32. The van der Waals surface area contributed by atoms with E-state index in [4.69, 9.17) is 14.3 Å². The van der Waals surface area contributed by atoms with Crippen LogP contribution in [0.5, 0.6) is 0 Å². The number of amides is 1. The third-order valence-corrected chi connectivity index (χ3v) is 3.51. The molecular formula is C13H15N3O5. The summed E-state index contributed by atoms with van der Waals surface area (Å²) in [6.07, 6.45) is 0.829. The molecular weight excluding hydrogens is 278 g/mol. The lowest BCUT2D eigenvalue weighted by Gasteiger charge is -2.31. The highest BCUT2D eigenvalue weighted by Gasteiger charge is 2.29. The molecule has 8 nitrogen and oxygen atoms in total. The van der Waals surface area contributed by atoms with E-state index in [0.717, 1.165) is 0 Å². The van der Waals surface area contributed by atoms with Crippen LogP contribution in [0.3, 0.4) is 0 Å². The van der Waals surface area contributed by atoms with Crippen LogP contribution in [0.2, 0.25) is 0 Å². The molecule has 1 fully saturated rings. The van der Waals surface area contributed by atoms with Gasteiger partial charge in [0.1, 0.15) is 11.1 Å². The first-order chi connectivity index (χ1) is 10.1. The number of aromatic nitrogens is 2. The van der Waals surface area contributed by atoms with Crippen LogP contribution in [-0.4, -0.2) is 58.3 Å². The number of aliphatic hydroxyl groups is 1. The molecule has 1 aliphatic rings. The van der Waals surface area contributed by atoms with Crippen LogP contribution in [0.1, 0.15) is 16.1 Å². The van der Waals surface area contributed by atoms with Gasteiger partial charge in [-0.2, -0.15) is 0 Å². The van der Waals surface area contributed by atoms with Gasteiger partial charge < -0.3 is 24.1 Å². The summed E-state index contributed by atoms with van der Waals surface area (Å²) in [5, 5.41) is 9.30. The van der Waals surface area contributed by atoms with E-state index in [-0.39, 0.29) is 35.7 Å². The van der Waals surface area contributed by atoms with Crippen LogP contribution in [-0.2, 0) is 4.74 Å². The predicted molar refractivity (Wildman–Crippen MR) is 72.1 cm³/mol. The lowest BCUT2D eigenvalue weighted by molar-refractivity contribution is -0.0447. The van der Waals surface area contributed by atoms with E-state index < -0.39 is 11.7 Å². The van der Waals surface area contributed by atoms with Gasteiger partial charge in [0.25, 0.3) is 11.5 Å². The molecule has 1 unspecified atom stereocenters. The highest BCUT2D eigenvalue weighted by atomic mass is 16.5. The van der Waals surface area contributed by atoms with Gasteiger partial charge in [-0.25, -0.2) is 4.98 Å². The fraction of sp³-hybridized carbons (Fsp3) is 0.462. The van der Waals surface area contributed by atoms with Crippen LogP contribution in [0.25, 0.3) is 11.1 Å². The van der Waals surface area contributed by atoms with Crippen molar-refractivity contribution >= 4 is 17.0 Å². The minimum Gasteiger partial charge on any atom is -0.442 e. The molecule has 1 amide bonds. The Morgan fingerprint density at radius 1 is 1.62 bits per heavy atom. The van der Waals surface area contributed by atoms with E-state index in [0.29, 0.717) is 18.9 Å². The Kier molecular flexibility index (Phi) is 3.48. The molecule has 0 bridgehead atoms. The van der Waals surface area contributed by atoms with E-state index in [1.54, 1.807) is 11.8 Å². The summed E-state index contributed by atoms with van der Waals surface area (Å²) in [5.41, 5.74) is -0.0447. The molecule has 3 rings (SSSR count). The maximum absolute atomic E-state index is 12.7. The van der Waals surface area contributed by atoms with E-state index in [2.05, 4.69) is 9.97 Å². The van der Waals surface area contributed by atoms with Crippen LogP contribution in [0.15, 0.2) is 15.5 Å².